The second-order valence-electron chi connectivity index (χ2n) is 3.18. The van der Waals surface area contributed by atoms with Crippen molar-refractivity contribution in [3.05, 3.63) is 29.6 Å². The predicted molar refractivity (Wildman–Crippen MR) is 53.4 cm³/mol. The molecule has 2 rings (SSSR count). The number of benzene rings is 1. The molecule has 0 bridgehead atoms. The van der Waals surface area contributed by atoms with Gasteiger partial charge in [-0.05, 0) is 12.1 Å². The van der Waals surface area contributed by atoms with E-state index in [0.717, 1.165) is 6.07 Å². The molecule has 0 radical (unpaired) electrons. The van der Waals surface area contributed by atoms with Crippen LogP contribution in [0.5, 0.6) is 5.75 Å². The van der Waals surface area contributed by atoms with Crippen LogP contribution < -0.4 is 10.5 Å². The number of rotatable bonds is 2. The summed E-state index contributed by atoms with van der Waals surface area (Å²) in [5.74, 6) is -1.01. The van der Waals surface area contributed by atoms with E-state index in [1.807, 2.05) is 0 Å². The second kappa shape index (κ2) is 3.80. The van der Waals surface area contributed by atoms with E-state index >= 15 is 0 Å². The molecule has 1 heterocycles. The summed E-state index contributed by atoms with van der Waals surface area (Å²) in [4.78, 5) is 14.7. The van der Waals surface area contributed by atoms with Crippen LogP contribution in [0.4, 0.5) is 4.39 Å². The molecular formula is C10H9FN2O3. The average molecular weight is 224 g/mol. The van der Waals surface area contributed by atoms with Gasteiger partial charge >= 0.3 is 0 Å². The van der Waals surface area contributed by atoms with Gasteiger partial charge < -0.3 is 15.2 Å². The summed E-state index contributed by atoms with van der Waals surface area (Å²) in [7, 11) is 1.36. The van der Waals surface area contributed by atoms with Gasteiger partial charge in [-0.1, -0.05) is 6.07 Å². The highest BCUT2D eigenvalue weighted by atomic mass is 19.1. The largest absolute Gasteiger partial charge is 0.494 e. The lowest BCUT2D eigenvalue weighted by Crippen LogP contribution is -2.14. The van der Waals surface area contributed by atoms with Gasteiger partial charge in [0, 0.05) is 5.56 Å². The van der Waals surface area contributed by atoms with Crippen molar-refractivity contribution in [1.29, 1.82) is 0 Å². The molecule has 1 amide bonds. The van der Waals surface area contributed by atoms with E-state index in [9.17, 15) is 9.18 Å². The van der Waals surface area contributed by atoms with Crippen molar-refractivity contribution in [1.82, 2.24) is 0 Å². The van der Waals surface area contributed by atoms with Gasteiger partial charge in [0.25, 0.3) is 11.9 Å². The molecule has 0 aliphatic carbocycles. The van der Waals surface area contributed by atoms with Crippen LogP contribution >= 0.6 is 0 Å². The molecule has 84 valence electrons. The van der Waals surface area contributed by atoms with Crippen LogP contribution in [0.2, 0.25) is 0 Å². The fraction of sp³-hybridized carbons (Fsp3) is 0.200. The standard InChI is InChI=1S/C10H9FN2O3/c1-15-7-3-2-5(4-6(7)11)8-9(14)13-10(12)16-8/h2-4,8H,1H3,(H2,12,13,14). The van der Waals surface area contributed by atoms with Gasteiger partial charge in [-0.15, -0.1) is 0 Å². The molecule has 6 heteroatoms. The van der Waals surface area contributed by atoms with Gasteiger partial charge in [0.15, 0.2) is 11.6 Å². The van der Waals surface area contributed by atoms with Crippen molar-refractivity contribution in [2.45, 2.75) is 6.10 Å². The van der Waals surface area contributed by atoms with Crippen LogP contribution in [0, 0.1) is 5.82 Å². The van der Waals surface area contributed by atoms with Gasteiger partial charge in [0.05, 0.1) is 7.11 Å². The molecule has 0 saturated heterocycles. The molecule has 1 unspecified atom stereocenters. The van der Waals surface area contributed by atoms with E-state index < -0.39 is 17.8 Å². The third kappa shape index (κ3) is 1.69. The lowest BCUT2D eigenvalue weighted by atomic mass is 10.1. The zero-order valence-electron chi connectivity index (χ0n) is 8.44. The number of carbonyl (C=O) groups excluding carboxylic acids is 1. The Morgan fingerprint density at radius 3 is 2.81 bits per heavy atom. The topological polar surface area (TPSA) is 73.9 Å². The number of methoxy groups -OCH3 is 1. The first-order chi connectivity index (χ1) is 7.61. The Hall–Kier alpha value is -2.11. The van der Waals surface area contributed by atoms with E-state index in [0.29, 0.717) is 5.56 Å². The Bertz CT molecular complexity index is 473. The minimum absolute atomic E-state index is 0.100. The fourth-order valence-electron chi connectivity index (χ4n) is 1.42. The predicted octanol–water partition coefficient (Wildman–Crippen LogP) is 0.747. The van der Waals surface area contributed by atoms with Crippen LogP contribution in [0.25, 0.3) is 0 Å². The van der Waals surface area contributed by atoms with E-state index in [-0.39, 0.29) is 11.8 Å². The molecule has 1 aliphatic heterocycles. The van der Waals surface area contributed by atoms with Gasteiger partial charge in [-0.25, -0.2) is 4.39 Å². The summed E-state index contributed by atoms with van der Waals surface area (Å²) in [6.45, 7) is 0. The summed E-state index contributed by atoms with van der Waals surface area (Å²) in [5, 5.41) is 0. The highest BCUT2D eigenvalue weighted by molar-refractivity contribution is 5.98. The van der Waals surface area contributed by atoms with Crippen LogP contribution in [0.1, 0.15) is 11.7 Å². The lowest BCUT2D eigenvalue weighted by molar-refractivity contribution is -0.122. The van der Waals surface area contributed by atoms with Gasteiger partial charge in [-0.2, -0.15) is 4.99 Å². The van der Waals surface area contributed by atoms with Gasteiger partial charge in [0.1, 0.15) is 0 Å². The number of amidine groups is 1. The Balaban J connectivity index is 2.29. The van der Waals surface area contributed by atoms with E-state index in [1.54, 1.807) is 0 Å². The van der Waals surface area contributed by atoms with Crippen LogP contribution in [-0.4, -0.2) is 19.0 Å². The Kier molecular flexibility index (Phi) is 2.47. The molecular weight excluding hydrogens is 215 g/mol. The van der Waals surface area contributed by atoms with Crippen LogP contribution in [0.15, 0.2) is 23.2 Å². The van der Waals surface area contributed by atoms with Crippen molar-refractivity contribution < 1.29 is 18.7 Å². The number of nitrogens with two attached hydrogens (primary N) is 1. The monoisotopic (exact) mass is 224 g/mol. The van der Waals surface area contributed by atoms with Crippen LogP contribution in [0.3, 0.4) is 0 Å². The number of carbonyl (C=O) groups is 1. The maximum Gasteiger partial charge on any atom is 0.296 e. The third-order valence-corrected chi connectivity index (χ3v) is 2.16. The van der Waals surface area contributed by atoms with Crippen molar-refractivity contribution >= 4 is 11.9 Å². The molecule has 1 aromatic carbocycles. The first-order valence-electron chi connectivity index (χ1n) is 4.50. The first kappa shape index (κ1) is 10.4. The van der Waals surface area contributed by atoms with Gasteiger partial charge in [-0.3, -0.25) is 4.79 Å². The van der Waals surface area contributed by atoms with Crippen molar-refractivity contribution in [3.63, 3.8) is 0 Å². The molecule has 1 atom stereocenters. The van der Waals surface area contributed by atoms with E-state index in [2.05, 4.69) is 4.99 Å². The molecule has 0 fully saturated rings. The fourth-order valence-corrected chi connectivity index (χ4v) is 1.42. The first-order valence-corrected chi connectivity index (χ1v) is 4.50. The average Bonchev–Trinajstić information content (AvgIpc) is 2.58. The molecule has 0 saturated carbocycles. The zero-order chi connectivity index (χ0) is 11.7. The number of nitrogens with zero attached hydrogens (tertiary/aromatic N) is 1. The highest BCUT2D eigenvalue weighted by Crippen LogP contribution is 2.27. The zero-order valence-corrected chi connectivity index (χ0v) is 8.44. The summed E-state index contributed by atoms with van der Waals surface area (Å²) in [5.41, 5.74) is 5.59. The Labute approximate surface area is 90.7 Å². The second-order valence-corrected chi connectivity index (χ2v) is 3.18. The maximum absolute atomic E-state index is 13.4. The SMILES string of the molecule is COc1ccc(C2OC(N)=NC2=O)cc1F. The maximum atomic E-state index is 13.4. The molecule has 16 heavy (non-hydrogen) atoms. The van der Waals surface area contributed by atoms with Crippen molar-refractivity contribution in [2.24, 2.45) is 10.7 Å². The van der Waals surface area contributed by atoms with Gasteiger partial charge in [0.2, 0.25) is 6.10 Å². The number of hydrogen-bond donors (Lipinski definition) is 1. The molecule has 0 spiro atoms. The summed E-state index contributed by atoms with van der Waals surface area (Å²) < 4.78 is 23.1. The normalized spacial score (nSPS) is 19.2. The molecule has 0 aromatic heterocycles. The highest BCUT2D eigenvalue weighted by Gasteiger charge is 2.29. The minimum Gasteiger partial charge on any atom is -0.494 e. The number of aliphatic imine (C=N–C) groups is 1. The quantitative estimate of drug-likeness (QED) is 0.804. The lowest BCUT2D eigenvalue weighted by Gasteiger charge is -2.09. The minimum atomic E-state index is -0.958. The van der Waals surface area contributed by atoms with Crippen molar-refractivity contribution in [2.75, 3.05) is 7.11 Å². The number of halogens is 1. The number of amides is 1. The van der Waals surface area contributed by atoms with Crippen molar-refractivity contribution in [3.8, 4) is 5.75 Å². The Morgan fingerprint density at radius 2 is 2.31 bits per heavy atom. The third-order valence-electron chi connectivity index (χ3n) is 2.16. The number of hydrogen-bond acceptors (Lipinski definition) is 4. The number of ether oxygens (including phenoxy) is 2. The molecule has 5 nitrogen and oxygen atoms in total. The molecule has 1 aliphatic rings. The molecule has 2 N–H and O–H groups in total. The van der Waals surface area contributed by atoms with E-state index in [4.69, 9.17) is 15.2 Å². The smallest absolute Gasteiger partial charge is 0.296 e. The summed E-state index contributed by atoms with van der Waals surface area (Å²) >= 11 is 0. The Morgan fingerprint density at radius 1 is 1.56 bits per heavy atom. The summed E-state index contributed by atoms with van der Waals surface area (Å²) in [6.07, 6.45) is -0.958. The summed E-state index contributed by atoms with van der Waals surface area (Å²) in [6, 6.07) is 3.90. The van der Waals surface area contributed by atoms with E-state index in [1.165, 1.54) is 19.2 Å². The molecule has 1 aromatic rings. The van der Waals surface area contributed by atoms with Crippen LogP contribution in [-0.2, 0) is 9.53 Å².